The Morgan fingerprint density at radius 1 is 1.45 bits per heavy atom. The maximum absolute atomic E-state index is 4.65. The first-order chi connectivity index (χ1) is 9.63. The first kappa shape index (κ1) is 14.8. The summed E-state index contributed by atoms with van der Waals surface area (Å²) in [6.07, 6.45) is 2.95. The predicted molar refractivity (Wildman–Crippen MR) is 86.7 cm³/mol. The quantitative estimate of drug-likeness (QED) is 0.877. The summed E-state index contributed by atoms with van der Waals surface area (Å²) >= 11 is 1.78. The lowest BCUT2D eigenvalue weighted by atomic mass is 10.2. The average molecular weight is 290 g/mol. The molecule has 4 nitrogen and oxygen atoms in total. The van der Waals surface area contributed by atoms with E-state index in [2.05, 4.69) is 65.5 Å². The van der Waals surface area contributed by atoms with Crippen LogP contribution in [0.3, 0.4) is 0 Å². The lowest BCUT2D eigenvalue weighted by Crippen LogP contribution is -2.23. The maximum atomic E-state index is 4.65. The van der Waals surface area contributed by atoms with E-state index in [1.807, 2.05) is 6.20 Å². The molecule has 2 heterocycles. The smallest absolute Gasteiger partial charge is 0.224 e. The van der Waals surface area contributed by atoms with E-state index >= 15 is 0 Å². The maximum Gasteiger partial charge on any atom is 0.224 e. The summed E-state index contributed by atoms with van der Waals surface area (Å²) in [7, 11) is 2.09. The van der Waals surface area contributed by atoms with Crippen LogP contribution in [0, 0.1) is 6.92 Å². The molecule has 0 saturated carbocycles. The second-order valence-electron chi connectivity index (χ2n) is 4.93. The summed E-state index contributed by atoms with van der Waals surface area (Å²) in [5, 5.41) is 5.36. The number of nitrogens with zero attached hydrogens (tertiary/aromatic N) is 3. The molecule has 0 aromatic carbocycles. The SMILES string of the molecule is CCCNc1ncc(C)c(N(C)C(C)c2cccs2)n1. The van der Waals surface area contributed by atoms with Crippen molar-refractivity contribution in [3.05, 3.63) is 34.2 Å². The van der Waals surface area contributed by atoms with E-state index in [0.29, 0.717) is 12.0 Å². The molecule has 2 aromatic heterocycles. The molecule has 108 valence electrons. The van der Waals surface area contributed by atoms with Crippen molar-refractivity contribution >= 4 is 23.1 Å². The van der Waals surface area contributed by atoms with Gasteiger partial charge < -0.3 is 10.2 Å². The Labute approximate surface area is 124 Å². The molecular weight excluding hydrogens is 268 g/mol. The Morgan fingerprint density at radius 2 is 2.25 bits per heavy atom. The summed E-state index contributed by atoms with van der Waals surface area (Å²) < 4.78 is 0. The number of nitrogens with one attached hydrogen (secondary N) is 1. The molecule has 0 amide bonds. The molecule has 0 radical (unpaired) electrons. The van der Waals surface area contributed by atoms with Gasteiger partial charge in [0.05, 0.1) is 6.04 Å². The van der Waals surface area contributed by atoms with Crippen LogP contribution in [0.15, 0.2) is 23.7 Å². The second kappa shape index (κ2) is 6.70. The van der Waals surface area contributed by atoms with Crippen molar-refractivity contribution in [2.75, 3.05) is 23.8 Å². The van der Waals surface area contributed by atoms with E-state index in [1.165, 1.54) is 4.88 Å². The molecule has 0 bridgehead atoms. The minimum atomic E-state index is 0.308. The van der Waals surface area contributed by atoms with Crippen molar-refractivity contribution < 1.29 is 0 Å². The van der Waals surface area contributed by atoms with Crippen LogP contribution in [0.4, 0.5) is 11.8 Å². The summed E-state index contributed by atoms with van der Waals surface area (Å²) in [5.41, 5.74) is 1.10. The lowest BCUT2D eigenvalue weighted by molar-refractivity contribution is 0.737. The van der Waals surface area contributed by atoms with Crippen molar-refractivity contribution in [2.45, 2.75) is 33.2 Å². The van der Waals surface area contributed by atoms with Gasteiger partial charge in [-0.1, -0.05) is 13.0 Å². The van der Waals surface area contributed by atoms with E-state index in [-0.39, 0.29) is 0 Å². The van der Waals surface area contributed by atoms with Gasteiger partial charge in [0, 0.05) is 30.2 Å². The highest BCUT2D eigenvalue weighted by Gasteiger charge is 2.17. The third kappa shape index (κ3) is 3.28. The van der Waals surface area contributed by atoms with Crippen LogP contribution in [0.25, 0.3) is 0 Å². The number of hydrogen-bond acceptors (Lipinski definition) is 5. The number of rotatable bonds is 6. The van der Waals surface area contributed by atoms with Gasteiger partial charge in [0.25, 0.3) is 0 Å². The molecule has 0 spiro atoms. The van der Waals surface area contributed by atoms with Gasteiger partial charge in [-0.15, -0.1) is 11.3 Å². The minimum absolute atomic E-state index is 0.308. The normalized spacial score (nSPS) is 12.2. The van der Waals surface area contributed by atoms with E-state index in [9.17, 15) is 0 Å². The van der Waals surface area contributed by atoms with Gasteiger partial charge in [0.15, 0.2) is 0 Å². The number of aryl methyl sites for hydroxylation is 1. The van der Waals surface area contributed by atoms with Crippen LogP contribution in [-0.4, -0.2) is 23.6 Å². The van der Waals surface area contributed by atoms with E-state index in [0.717, 1.165) is 24.3 Å². The zero-order valence-corrected chi connectivity index (χ0v) is 13.4. The van der Waals surface area contributed by atoms with Gasteiger partial charge in [0.2, 0.25) is 5.95 Å². The molecule has 0 aliphatic heterocycles. The lowest BCUT2D eigenvalue weighted by Gasteiger charge is -2.26. The Morgan fingerprint density at radius 3 is 2.90 bits per heavy atom. The van der Waals surface area contributed by atoms with Crippen molar-refractivity contribution in [3.63, 3.8) is 0 Å². The van der Waals surface area contributed by atoms with Crippen LogP contribution in [0.5, 0.6) is 0 Å². The topological polar surface area (TPSA) is 41.1 Å². The number of anilines is 2. The van der Waals surface area contributed by atoms with Crippen molar-refractivity contribution in [1.29, 1.82) is 0 Å². The first-order valence-electron chi connectivity index (χ1n) is 6.97. The van der Waals surface area contributed by atoms with Gasteiger partial charge in [0.1, 0.15) is 5.82 Å². The van der Waals surface area contributed by atoms with Gasteiger partial charge in [-0.2, -0.15) is 4.98 Å². The molecule has 0 aliphatic carbocycles. The van der Waals surface area contributed by atoms with Crippen molar-refractivity contribution in [2.24, 2.45) is 0 Å². The zero-order valence-electron chi connectivity index (χ0n) is 12.6. The molecule has 20 heavy (non-hydrogen) atoms. The molecule has 1 unspecified atom stereocenters. The molecule has 1 atom stereocenters. The van der Waals surface area contributed by atoms with Crippen LogP contribution < -0.4 is 10.2 Å². The standard InChI is InChI=1S/C15H22N4S/c1-5-8-16-15-17-10-11(2)14(18-15)19(4)12(3)13-7-6-9-20-13/h6-7,9-10,12H,5,8H2,1-4H3,(H,16,17,18). The summed E-state index contributed by atoms with van der Waals surface area (Å²) in [6, 6.07) is 4.56. The Hall–Kier alpha value is -1.62. The summed E-state index contributed by atoms with van der Waals surface area (Å²) in [5.74, 6) is 1.69. The van der Waals surface area contributed by atoms with Crippen molar-refractivity contribution in [1.82, 2.24) is 9.97 Å². The molecular formula is C15H22N4S. The number of aromatic nitrogens is 2. The van der Waals surface area contributed by atoms with Gasteiger partial charge in [-0.3, -0.25) is 0 Å². The molecule has 1 N–H and O–H groups in total. The highest BCUT2D eigenvalue weighted by Crippen LogP contribution is 2.29. The molecule has 5 heteroatoms. The average Bonchev–Trinajstić information content (AvgIpc) is 2.99. The van der Waals surface area contributed by atoms with Crippen LogP contribution in [0.2, 0.25) is 0 Å². The molecule has 2 rings (SSSR count). The Kier molecular flexibility index (Phi) is 4.95. The molecule has 0 fully saturated rings. The van der Waals surface area contributed by atoms with E-state index in [1.54, 1.807) is 11.3 Å². The first-order valence-corrected chi connectivity index (χ1v) is 7.85. The Bertz CT molecular complexity index is 539. The molecule has 0 saturated heterocycles. The fourth-order valence-electron chi connectivity index (χ4n) is 2.02. The van der Waals surface area contributed by atoms with E-state index in [4.69, 9.17) is 0 Å². The van der Waals surface area contributed by atoms with Gasteiger partial charge in [-0.25, -0.2) is 4.98 Å². The van der Waals surface area contributed by atoms with Crippen LogP contribution in [-0.2, 0) is 0 Å². The highest BCUT2D eigenvalue weighted by molar-refractivity contribution is 7.10. The van der Waals surface area contributed by atoms with Crippen LogP contribution in [0.1, 0.15) is 36.8 Å². The number of hydrogen-bond donors (Lipinski definition) is 1. The fourth-order valence-corrected chi connectivity index (χ4v) is 2.84. The molecule has 0 aliphatic rings. The third-order valence-corrected chi connectivity index (χ3v) is 4.39. The minimum Gasteiger partial charge on any atom is -0.354 e. The largest absolute Gasteiger partial charge is 0.354 e. The molecule has 2 aromatic rings. The Balaban J connectivity index is 2.21. The zero-order chi connectivity index (χ0) is 14.5. The summed E-state index contributed by atoms with van der Waals surface area (Å²) in [6.45, 7) is 7.28. The second-order valence-corrected chi connectivity index (χ2v) is 5.91. The number of thiophene rings is 1. The van der Waals surface area contributed by atoms with Gasteiger partial charge >= 0.3 is 0 Å². The summed E-state index contributed by atoms with van der Waals surface area (Å²) in [4.78, 5) is 12.5. The fraction of sp³-hybridized carbons (Fsp3) is 0.467. The predicted octanol–water partition coefficient (Wildman–Crippen LogP) is 3.87. The van der Waals surface area contributed by atoms with E-state index < -0.39 is 0 Å². The van der Waals surface area contributed by atoms with Crippen LogP contribution >= 0.6 is 11.3 Å². The monoisotopic (exact) mass is 290 g/mol. The third-order valence-electron chi connectivity index (χ3n) is 3.35. The van der Waals surface area contributed by atoms with Gasteiger partial charge in [-0.05, 0) is 31.7 Å². The highest BCUT2D eigenvalue weighted by atomic mass is 32.1. The van der Waals surface area contributed by atoms with Crippen molar-refractivity contribution in [3.8, 4) is 0 Å².